The van der Waals surface area contributed by atoms with E-state index >= 15 is 0 Å². The van der Waals surface area contributed by atoms with Crippen LogP contribution >= 0.6 is 11.3 Å². The Balaban J connectivity index is 1.44. The number of ether oxygens (including phenoxy) is 3. The summed E-state index contributed by atoms with van der Waals surface area (Å²) < 4.78 is 16.4. The van der Waals surface area contributed by atoms with Crippen molar-refractivity contribution < 1.29 is 19.0 Å². The van der Waals surface area contributed by atoms with E-state index in [1.54, 1.807) is 13.2 Å². The van der Waals surface area contributed by atoms with E-state index in [1.807, 2.05) is 60.8 Å². The average Bonchev–Trinajstić information content (AvgIpc) is 3.26. The first-order valence-electron chi connectivity index (χ1n) is 9.46. The van der Waals surface area contributed by atoms with Crippen LogP contribution < -0.4 is 9.47 Å². The van der Waals surface area contributed by atoms with Crippen molar-refractivity contribution in [2.45, 2.75) is 13.5 Å². The molecule has 0 aliphatic heterocycles. The molecule has 2 heterocycles. The molecule has 0 saturated heterocycles. The molecule has 30 heavy (non-hydrogen) atoms. The molecule has 2 aromatic carbocycles. The summed E-state index contributed by atoms with van der Waals surface area (Å²) in [5.74, 6) is 0.871. The number of hydrogen-bond acceptors (Lipinski definition) is 7. The highest BCUT2D eigenvalue weighted by Crippen LogP contribution is 2.33. The first-order chi connectivity index (χ1) is 14.7. The fourth-order valence-corrected chi connectivity index (χ4v) is 3.78. The van der Waals surface area contributed by atoms with Gasteiger partial charge < -0.3 is 14.2 Å². The summed E-state index contributed by atoms with van der Waals surface area (Å²) in [5.41, 5.74) is 2.62. The highest BCUT2D eigenvalue weighted by atomic mass is 32.1. The lowest BCUT2D eigenvalue weighted by Gasteiger charge is -2.09. The van der Waals surface area contributed by atoms with Crippen molar-refractivity contribution in [3.05, 3.63) is 71.4 Å². The molecule has 0 radical (unpaired) electrons. The lowest BCUT2D eigenvalue weighted by atomic mass is 10.2. The van der Waals surface area contributed by atoms with Crippen molar-refractivity contribution in [3.8, 4) is 22.1 Å². The number of aromatic nitrogens is 2. The van der Waals surface area contributed by atoms with Gasteiger partial charge in [0.05, 0.1) is 24.9 Å². The summed E-state index contributed by atoms with van der Waals surface area (Å²) in [5, 5.41) is 3.66. The molecule has 4 rings (SSSR count). The maximum absolute atomic E-state index is 12.4. The number of carbonyl (C=O) groups is 1. The molecule has 0 saturated carbocycles. The van der Waals surface area contributed by atoms with E-state index in [2.05, 4.69) is 9.97 Å². The molecule has 0 amide bonds. The van der Waals surface area contributed by atoms with E-state index in [-0.39, 0.29) is 12.3 Å². The summed E-state index contributed by atoms with van der Waals surface area (Å²) in [4.78, 5) is 21.3. The normalized spacial score (nSPS) is 10.7. The van der Waals surface area contributed by atoms with E-state index in [1.165, 1.54) is 11.3 Å². The lowest BCUT2D eigenvalue weighted by molar-refractivity contribution is 0.0462. The zero-order valence-electron chi connectivity index (χ0n) is 16.6. The van der Waals surface area contributed by atoms with Crippen LogP contribution in [0.25, 0.3) is 21.5 Å². The predicted molar refractivity (Wildman–Crippen MR) is 116 cm³/mol. The van der Waals surface area contributed by atoms with Gasteiger partial charge in [-0.15, -0.1) is 11.3 Å². The summed E-state index contributed by atoms with van der Waals surface area (Å²) in [6.07, 6.45) is 0. The van der Waals surface area contributed by atoms with Crippen LogP contribution in [0.2, 0.25) is 0 Å². The molecule has 0 atom stereocenters. The quantitative estimate of drug-likeness (QED) is 0.386. The smallest absolute Gasteiger partial charge is 0.357 e. The van der Waals surface area contributed by atoms with Gasteiger partial charge in [0.2, 0.25) is 0 Å². The number of pyridine rings is 1. The maximum atomic E-state index is 12.4. The SMILES string of the molecule is CCOc1ccc(-c2nc(COC(=O)c3ccc4ccccc4n3)cs2)cc1OC. The monoisotopic (exact) mass is 420 g/mol. The zero-order valence-corrected chi connectivity index (χ0v) is 17.4. The molecule has 0 bridgehead atoms. The lowest BCUT2D eigenvalue weighted by Crippen LogP contribution is -2.07. The van der Waals surface area contributed by atoms with Gasteiger partial charge in [0.25, 0.3) is 0 Å². The number of hydrogen-bond donors (Lipinski definition) is 0. The number of benzene rings is 2. The molecular weight excluding hydrogens is 400 g/mol. The summed E-state index contributed by atoms with van der Waals surface area (Å²) in [6, 6.07) is 16.8. The van der Waals surface area contributed by atoms with Gasteiger partial charge in [-0.25, -0.2) is 14.8 Å². The minimum absolute atomic E-state index is 0.0814. The van der Waals surface area contributed by atoms with Crippen molar-refractivity contribution in [1.29, 1.82) is 0 Å². The fourth-order valence-electron chi connectivity index (χ4n) is 2.97. The van der Waals surface area contributed by atoms with Crippen molar-refractivity contribution in [2.75, 3.05) is 13.7 Å². The van der Waals surface area contributed by atoms with Crippen LogP contribution in [0.4, 0.5) is 0 Å². The minimum atomic E-state index is -0.474. The van der Waals surface area contributed by atoms with Gasteiger partial charge in [-0.1, -0.05) is 24.3 Å². The Morgan fingerprint density at radius 1 is 1.03 bits per heavy atom. The third-order valence-electron chi connectivity index (χ3n) is 4.42. The van der Waals surface area contributed by atoms with Crippen molar-refractivity contribution in [2.24, 2.45) is 0 Å². The van der Waals surface area contributed by atoms with E-state index < -0.39 is 5.97 Å². The first kappa shape index (κ1) is 19.8. The van der Waals surface area contributed by atoms with Gasteiger partial charge in [-0.05, 0) is 37.3 Å². The number of para-hydroxylation sites is 1. The maximum Gasteiger partial charge on any atom is 0.357 e. The molecule has 2 aromatic heterocycles. The number of nitrogens with zero attached hydrogens (tertiary/aromatic N) is 2. The third-order valence-corrected chi connectivity index (χ3v) is 5.36. The third kappa shape index (κ3) is 4.26. The Bertz CT molecular complexity index is 1190. The number of rotatable bonds is 7. The van der Waals surface area contributed by atoms with Crippen LogP contribution in [0.1, 0.15) is 23.1 Å². The second-order valence-corrected chi connectivity index (χ2v) is 7.27. The van der Waals surface area contributed by atoms with E-state index in [4.69, 9.17) is 14.2 Å². The number of fused-ring (bicyclic) bond motifs is 1. The van der Waals surface area contributed by atoms with Gasteiger partial charge in [0.15, 0.2) is 11.5 Å². The van der Waals surface area contributed by atoms with Gasteiger partial charge in [-0.2, -0.15) is 0 Å². The second-order valence-electron chi connectivity index (χ2n) is 6.41. The highest BCUT2D eigenvalue weighted by Gasteiger charge is 2.13. The summed E-state index contributed by atoms with van der Waals surface area (Å²) >= 11 is 1.48. The van der Waals surface area contributed by atoms with Gasteiger partial charge >= 0.3 is 5.97 Å². The molecule has 0 spiro atoms. The van der Waals surface area contributed by atoms with Crippen LogP contribution in [0.15, 0.2) is 60.0 Å². The Hall–Kier alpha value is -3.45. The van der Waals surface area contributed by atoms with Crippen molar-refractivity contribution in [3.63, 3.8) is 0 Å². The Morgan fingerprint density at radius 3 is 2.73 bits per heavy atom. The standard InChI is InChI=1S/C23H20N2O4S/c1-3-28-20-11-9-16(12-21(20)27-2)22-24-17(14-30-22)13-29-23(26)19-10-8-15-6-4-5-7-18(15)25-19/h4-12,14H,3,13H2,1-2H3. The van der Waals surface area contributed by atoms with Gasteiger partial charge in [0.1, 0.15) is 17.3 Å². The molecule has 7 heteroatoms. The molecule has 0 aliphatic carbocycles. The summed E-state index contributed by atoms with van der Waals surface area (Å²) in [7, 11) is 1.61. The van der Waals surface area contributed by atoms with Crippen molar-refractivity contribution >= 4 is 28.2 Å². The molecule has 152 valence electrons. The zero-order chi connectivity index (χ0) is 20.9. The van der Waals surface area contributed by atoms with Crippen molar-refractivity contribution in [1.82, 2.24) is 9.97 Å². The van der Waals surface area contributed by atoms with Crippen LogP contribution in [0, 0.1) is 0 Å². The second kappa shape index (κ2) is 8.92. The molecule has 0 aliphatic rings. The van der Waals surface area contributed by atoms with Crippen LogP contribution in [0.5, 0.6) is 11.5 Å². The van der Waals surface area contributed by atoms with E-state index in [0.717, 1.165) is 21.5 Å². The molecule has 0 N–H and O–H groups in total. The molecular formula is C23H20N2O4S. The Morgan fingerprint density at radius 2 is 1.90 bits per heavy atom. The fraction of sp³-hybridized carbons (Fsp3) is 0.174. The first-order valence-corrected chi connectivity index (χ1v) is 10.3. The molecule has 0 unspecified atom stereocenters. The highest BCUT2D eigenvalue weighted by molar-refractivity contribution is 7.13. The number of carbonyl (C=O) groups excluding carboxylic acids is 1. The number of thiazole rings is 1. The minimum Gasteiger partial charge on any atom is -0.493 e. The Kier molecular flexibility index (Phi) is 5.90. The predicted octanol–water partition coefficient (Wildman–Crippen LogP) is 5.12. The average molecular weight is 420 g/mol. The van der Waals surface area contributed by atoms with E-state index in [0.29, 0.717) is 23.8 Å². The van der Waals surface area contributed by atoms with Crippen LogP contribution in [-0.2, 0) is 11.3 Å². The van der Waals surface area contributed by atoms with E-state index in [9.17, 15) is 4.79 Å². The number of methoxy groups -OCH3 is 1. The van der Waals surface area contributed by atoms with Gasteiger partial charge in [0, 0.05) is 16.3 Å². The largest absolute Gasteiger partial charge is 0.493 e. The molecule has 0 fully saturated rings. The summed E-state index contributed by atoms with van der Waals surface area (Å²) in [6.45, 7) is 2.57. The molecule has 4 aromatic rings. The number of esters is 1. The topological polar surface area (TPSA) is 70.5 Å². The van der Waals surface area contributed by atoms with Crippen LogP contribution in [0.3, 0.4) is 0 Å². The van der Waals surface area contributed by atoms with Gasteiger partial charge in [-0.3, -0.25) is 0 Å². The van der Waals surface area contributed by atoms with Crippen LogP contribution in [-0.4, -0.2) is 29.7 Å². The molecule has 6 nitrogen and oxygen atoms in total. The Labute approximate surface area is 178 Å².